The molecule has 1 aromatic heterocycles. The van der Waals surface area contributed by atoms with Gasteiger partial charge in [-0.3, -0.25) is 0 Å². The van der Waals surface area contributed by atoms with Crippen LogP contribution >= 0.6 is 11.6 Å². The highest BCUT2D eigenvalue weighted by atomic mass is 35.5. The van der Waals surface area contributed by atoms with Gasteiger partial charge in [0.15, 0.2) is 0 Å². The molecule has 12 heavy (non-hydrogen) atoms. The van der Waals surface area contributed by atoms with Gasteiger partial charge in [-0.2, -0.15) is 0 Å². The van der Waals surface area contributed by atoms with Crippen LogP contribution in [-0.4, -0.2) is 11.5 Å². The van der Waals surface area contributed by atoms with E-state index in [0.29, 0.717) is 11.7 Å². The Hall–Kier alpha value is -0.860. The van der Waals surface area contributed by atoms with Crippen LogP contribution in [0.15, 0.2) is 18.8 Å². The predicted molar refractivity (Wildman–Crippen MR) is 52.1 cm³/mol. The Morgan fingerprint density at radius 3 is 2.92 bits per heavy atom. The van der Waals surface area contributed by atoms with Gasteiger partial charge >= 0.3 is 0 Å². The predicted octanol–water partition coefficient (Wildman–Crippen LogP) is 2.02. The van der Waals surface area contributed by atoms with E-state index in [0.717, 1.165) is 16.7 Å². The Kier molecular flexibility index (Phi) is 2.84. The standard InChI is InChI=1S/C9H11ClN2/c1-6-3-8(7(2)4-11)5-12-9(6)10/h3,5H,2,4,11H2,1H3. The molecule has 0 bridgehead atoms. The van der Waals surface area contributed by atoms with E-state index in [1.54, 1.807) is 6.20 Å². The molecule has 2 nitrogen and oxygen atoms in total. The van der Waals surface area contributed by atoms with Gasteiger partial charge in [0, 0.05) is 12.7 Å². The lowest BCUT2D eigenvalue weighted by atomic mass is 10.1. The van der Waals surface area contributed by atoms with Gasteiger partial charge in [0.05, 0.1) is 0 Å². The van der Waals surface area contributed by atoms with Crippen LogP contribution in [0.25, 0.3) is 5.57 Å². The molecule has 0 spiro atoms. The van der Waals surface area contributed by atoms with Gasteiger partial charge in [-0.05, 0) is 29.7 Å². The molecule has 1 heterocycles. The van der Waals surface area contributed by atoms with Crippen molar-refractivity contribution in [2.75, 3.05) is 6.54 Å². The summed E-state index contributed by atoms with van der Waals surface area (Å²) in [6.45, 7) is 6.16. The minimum atomic E-state index is 0.447. The second-order valence-corrected chi connectivity index (χ2v) is 3.00. The Bertz CT molecular complexity index is 307. The highest BCUT2D eigenvalue weighted by Crippen LogP contribution is 2.16. The van der Waals surface area contributed by atoms with E-state index < -0.39 is 0 Å². The van der Waals surface area contributed by atoms with Crippen LogP contribution in [0.5, 0.6) is 0 Å². The molecule has 0 aromatic carbocycles. The highest BCUT2D eigenvalue weighted by molar-refractivity contribution is 6.30. The van der Waals surface area contributed by atoms with Crippen molar-refractivity contribution in [1.29, 1.82) is 0 Å². The third-order valence-electron chi connectivity index (χ3n) is 1.67. The van der Waals surface area contributed by atoms with Crippen LogP contribution in [0.2, 0.25) is 5.15 Å². The van der Waals surface area contributed by atoms with Crippen LogP contribution in [0.4, 0.5) is 0 Å². The summed E-state index contributed by atoms with van der Waals surface area (Å²) in [7, 11) is 0. The SMILES string of the molecule is C=C(CN)c1cnc(Cl)c(C)c1. The van der Waals surface area contributed by atoms with E-state index in [2.05, 4.69) is 11.6 Å². The Morgan fingerprint density at radius 2 is 2.42 bits per heavy atom. The third kappa shape index (κ3) is 1.84. The summed E-state index contributed by atoms with van der Waals surface area (Å²) in [5.41, 5.74) is 8.21. The minimum Gasteiger partial charge on any atom is -0.326 e. The lowest BCUT2D eigenvalue weighted by Crippen LogP contribution is -2.01. The topological polar surface area (TPSA) is 38.9 Å². The summed E-state index contributed by atoms with van der Waals surface area (Å²) in [5.74, 6) is 0. The normalized spacial score (nSPS) is 9.92. The average Bonchev–Trinajstić information content (AvgIpc) is 2.08. The number of rotatable bonds is 2. The lowest BCUT2D eigenvalue weighted by Gasteiger charge is -2.03. The van der Waals surface area contributed by atoms with E-state index in [-0.39, 0.29) is 0 Å². The number of nitrogens with two attached hydrogens (primary N) is 1. The zero-order valence-corrected chi connectivity index (χ0v) is 7.73. The summed E-state index contributed by atoms with van der Waals surface area (Å²) < 4.78 is 0. The van der Waals surface area contributed by atoms with Gasteiger partial charge in [-0.1, -0.05) is 18.2 Å². The first-order valence-electron chi connectivity index (χ1n) is 3.65. The van der Waals surface area contributed by atoms with Crippen LogP contribution in [0.3, 0.4) is 0 Å². The van der Waals surface area contributed by atoms with Gasteiger partial charge in [-0.25, -0.2) is 4.98 Å². The molecule has 0 aliphatic heterocycles. The maximum atomic E-state index is 5.76. The van der Waals surface area contributed by atoms with Crippen LogP contribution in [0.1, 0.15) is 11.1 Å². The van der Waals surface area contributed by atoms with Crippen molar-refractivity contribution < 1.29 is 0 Å². The molecule has 0 aliphatic carbocycles. The maximum Gasteiger partial charge on any atom is 0.131 e. The summed E-state index contributed by atoms with van der Waals surface area (Å²) >= 11 is 5.76. The van der Waals surface area contributed by atoms with E-state index in [4.69, 9.17) is 17.3 Å². The Balaban J connectivity index is 3.05. The van der Waals surface area contributed by atoms with E-state index in [9.17, 15) is 0 Å². The summed E-state index contributed by atoms with van der Waals surface area (Å²) in [6.07, 6.45) is 1.69. The van der Waals surface area contributed by atoms with Crippen LogP contribution in [-0.2, 0) is 0 Å². The van der Waals surface area contributed by atoms with Gasteiger partial charge in [0.1, 0.15) is 5.15 Å². The first-order valence-corrected chi connectivity index (χ1v) is 4.03. The first kappa shape index (κ1) is 9.23. The maximum absolute atomic E-state index is 5.76. The number of pyridine rings is 1. The van der Waals surface area contributed by atoms with Crippen molar-refractivity contribution in [2.45, 2.75) is 6.92 Å². The smallest absolute Gasteiger partial charge is 0.131 e. The fourth-order valence-electron chi connectivity index (χ4n) is 0.869. The van der Waals surface area contributed by atoms with Crippen molar-refractivity contribution >= 4 is 17.2 Å². The summed E-state index contributed by atoms with van der Waals surface area (Å²) in [4.78, 5) is 4.00. The zero-order valence-electron chi connectivity index (χ0n) is 6.97. The van der Waals surface area contributed by atoms with Gasteiger partial charge < -0.3 is 5.73 Å². The molecule has 0 aliphatic rings. The Labute approximate surface area is 77.1 Å². The average molecular weight is 183 g/mol. The molecular formula is C9H11ClN2. The monoisotopic (exact) mass is 182 g/mol. The van der Waals surface area contributed by atoms with Crippen LogP contribution in [0, 0.1) is 6.92 Å². The number of aromatic nitrogens is 1. The second kappa shape index (κ2) is 3.70. The molecule has 1 rings (SSSR count). The van der Waals surface area contributed by atoms with Crippen molar-refractivity contribution in [1.82, 2.24) is 4.98 Å². The van der Waals surface area contributed by atoms with Gasteiger partial charge in [0.25, 0.3) is 0 Å². The van der Waals surface area contributed by atoms with E-state index in [1.165, 1.54) is 0 Å². The van der Waals surface area contributed by atoms with Gasteiger partial charge in [0.2, 0.25) is 0 Å². The summed E-state index contributed by atoms with van der Waals surface area (Å²) in [6, 6.07) is 1.94. The second-order valence-electron chi connectivity index (χ2n) is 2.64. The molecule has 0 saturated carbocycles. The molecule has 3 heteroatoms. The van der Waals surface area contributed by atoms with Crippen molar-refractivity contribution in [3.05, 3.63) is 35.1 Å². The first-order chi connectivity index (χ1) is 5.65. The number of nitrogens with zero attached hydrogens (tertiary/aromatic N) is 1. The molecule has 0 radical (unpaired) electrons. The van der Waals surface area contributed by atoms with E-state index in [1.807, 2.05) is 13.0 Å². The molecule has 0 atom stereocenters. The quantitative estimate of drug-likeness (QED) is 0.711. The minimum absolute atomic E-state index is 0.447. The van der Waals surface area contributed by atoms with Crippen molar-refractivity contribution in [2.24, 2.45) is 5.73 Å². The number of aryl methyl sites for hydroxylation is 1. The summed E-state index contributed by atoms with van der Waals surface area (Å²) in [5, 5.41) is 0.531. The molecule has 0 fully saturated rings. The Morgan fingerprint density at radius 1 is 1.75 bits per heavy atom. The van der Waals surface area contributed by atoms with Crippen molar-refractivity contribution in [3.8, 4) is 0 Å². The van der Waals surface area contributed by atoms with Gasteiger partial charge in [-0.15, -0.1) is 0 Å². The fraction of sp³-hybridized carbons (Fsp3) is 0.222. The molecule has 0 amide bonds. The van der Waals surface area contributed by atoms with Crippen LogP contribution < -0.4 is 5.73 Å². The zero-order chi connectivity index (χ0) is 9.14. The molecule has 0 unspecified atom stereocenters. The van der Waals surface area contributed by atoms with E-state index >= 15 is 0 Å². The molecule has 0 saturated heterocycles. The molecule has 2 N–H and O–H groups in total. The molecular weight excluding hydrogens is 172 g/mol. The number of hydrogen-bond donors (Lipinski definition) is 1. The largest absolute Gasteiger partial charge is 0.326 e. The molecule has 1 aromatic rings. The fourth-order valence-corrected chi connectivity index (χ4v) is 0.973. The lowest BCUT2D eigenvalue weighted by molar-refractivity contribution is 1.21. The number of halogens is 1. The highest BCUT2D eigenvalue weighted by Gasteiger charge is 2.00. The van der Waals surface area contributed by atoms with Crippen molar-refractivity contribution in [3.63, 3.8) is 0 Å². The third-order valence-corrected chi connectivity index (χ3v) is 2.06. The molecule has 64 valence electrons. The number of hydrogen-bond acceptors (Lipinski definition) is 2.